The Hall–Kier alpha value is -3.48. The zero-order valence-electron chi connectivity index (χ0n) is 16.8. The second-order valence-electron chi connectivity index (χ2n) is 6.33. The molecule has 29 heavy (non-hydrogen) atoms. The number of imidazole rings is 1. The number of methoxy groups -OCH3 is 1. The Morgan fingerprint density at radius 2 is 1.79 bits per heavy atom. The van der Waals surface area contributed by atoms with E-state index in [2.05, 4.69) is 37.3 Å². The van der Waals surface area contributed by atoms with Crippen molar-refractivity contribution in [3.8, 4) is 11.5 Å². The predicted molar refractivity (Wildman–Crippen MR) is 114 cm³/mol. The van der Waals surface area contributed by atoms with E-state index >= 15 is 0 Å². The Bertz CT molecular complexity index is 891. The zero-order valence-corrected chi connectivity index (χ0v) is 16.8. The summed E-state index contributed by atoms with van der Waals surface area (Å²) in [5.74, 6) is 3.27. The highest BCUT2D eigenvalue weighted by atomic mass is 16.5. The molecule has 2 aromatic carbocycles. The van der Waals surface area contributed by atoms with Crippen LogP contribution in [0.25, 0.3) is 0 Å². The van der Waals surface area contributed by atoms with Crippen LogP contribution in [0.3, 0.4) is 0 Å². The summed E-state index contributed by atoms with van der Waals surface area (Å²) in [7, 11) is 3.39. The van der Waals surface area contributed by atoms with Gasteiger partial charge >= 0.3 is 0 Å². The molecular weight excluding hydrogens is 366 g/mol. The fourth-order valence-corrected chi connectivity index (χ4v) is 2.82. The van der Waals surface area contributed by atoms with E-state index < -0.39 is 0 Å². The third-order valence-corrected chi connectivity index (χ3v) is 4.36. The highest BCUT2D eigenvalue weighted by molar-refractivity contribution is 5.79. The second-order valence-corrected chi connectivity index (χ2v) is 6.33. The lowest BCUT2D eigenvalue weighted by Crippen LogP contribution is -2.39. The smallest absolute Gasteiger partial charge is 0.191 e. The molecule has 0 fully saturated rings. The van der Waals surface area contributed by atoms with E-state index in [-0.39, 0.29) is 0 Å². The van der Waals surface area contributed by atoms with Gasteiger partial charge < -0.3 is 24.7 Å². The van der Waals surface area contributed by atoms with Crippen LogP contribution in [0.15, 0.2) is 72.0 Å². The maximum atomic E-state index is 5.72. The Morgan fingerprint density at radius 3 is 2.52 bits per heavy atom. The van der Waals surface area contributed by atoms with Gasteiger partial charge in [0.15, 0.2) is 5.96 Å². The number of guanidine groups is 1. The first-order valence-electron chi connectivity index (χ1n) is 9.54. The molecule has 1 aromatic heterocycles. The van der Waals surface area contributed by atoms with E-state index in [0.717, 1.165) is 23.9 Å². The van der Waals surface area contributed by atoms with Gasteiger partial charge in [0.2, 0.25) is 0 Å². The van der Waals surface area contributed by atoms with Crippen LogP contribution in [0, 0.1) is 0 Å². The minimum atomic E-state index is 0.523. The van der Waals surface area contributed by atoms with E-state index in [1.54, 1.807) is 14.2 Å². The van der Waals surface area contributed by atoms with E-state index in [0.29, 0.717) is 25.7 Å². The van der Waals surface area contributed by atoms with Crippen molar-refractivity contribution in [3.05, 3.63) is 78.4 Å². The van der Waals surface area contributed by atoms with Crippen LogP contribution in [0.4, 0.5) is 0 Å². The van der Waals surface area contributed by atoms with Crippen molar-refractivity contribution in [1.29, 1.82) is 0 Å². The molecule has 0 saturated heterocycles. The molecule has 3 rings (SSSR count). The van der Waals surface area contributed by atoms with Gasteiger partial charge in [-0.2, -0.15) is 0 Å². The van der Waals surface area contributed by atoms with E-state index in [1.807, 2.05) is 54.9 Å². The quantitative estimate of drug-likeness (QED) is 0.332. The van der Waals surface area contributed by atoms with Crippen LogP contribution in [-0.2, 0) is 13.1 Å². The number of hydrogen-bond acceptors (Lipinski definition) is 4. The molecule has 2 N–H and O–H groups in total. The van der Waals surface area contributed by atoms with Crippen LogP contribution in [0.2, 0.25) is 0 Å². The summed E-state index contributed by atoms with van der Waals surface area (Å²) in [5.41, 5.74) is 1.24. The number of nitrogens with zero attached hydrogens (tertiary/aromatic N) is 3. The highest BCUT2D eigenvalue weighted by Crippen LogP contribution is 2.16. The molecule has 0 aliphatic heterocycles. The fourth-order valence-electron chi connectivity index (χ4n) is 2.82. The number of benzene rings is 2. The lowest BCUT2D eigenvalue weighted by atomic mass is 10.2. The molecule has 7 heteroatoms. The summed E-state index contributed by atoms with van der Waals surface area (Å²) in [4.78, 5) is 8.71. The van der Waals surface area contributed by atoms with Crippen molar-refractivity contribution in [1.82, 2.24) is 20.2 Å². The number of aromatic nitrogens is 2. The molecule has 0 saturated carbocycles. The Labute approximate surface area is 171 Å². The summed E-state index contributed by atoms with van der Waals surface area (Å²) in [6.07, 6.45) is 3.81. The van der Waals surface area contributed by atoms with E-state index in [9.17, 15) is 0 Å². The van der Waals surface area contributed by atoms with Crippen molar-refractivity contribution in [2.75, 3.05) is 27.3 Å². The van der Waals surface area contributed by atoms with E-state index in [4.69, 9.17) is 9.47 Å². The number of rotatable bonds is 9. The summed E-state index contributed by atoms with van der Waals surface area (Å²) >= 11 is 0. The molecule has 0 spiro atoms. The predicted octanol–water partition coefficient (Wildman–Crippen LogP) is 2.68. The van der Waals surface area contributed by atoms with E-state index in [1.165, 1.54) is 5.56 Å². The SMILES string of the molecule is CN=C(NCCOc1ccc(OC)cc1)NCc1nccn1Cc1ccccc1. The molecule has 3 aromatic rings. The number of nitrogens with one attached hydrogen (secondary N) is 2. The number of aliphatic imine (C=N–C) groups is 1. The Morgan fingerprint density at radius 1 is 1.03 bits per heavy atom. The molecule has 0 aliphatic carbocycles. The highest BCUT2D eigenvalue weighted by Gasteiger charge is 2.05. The van der Waals surface area contributed by atoms with Gasteiger partial charge in [-0.15, -0.1) is 0 Å². The molecule has 0 amide bonds. The molecule has 0 atom stereocenters. The number of hydrogen-bond donors (Lipinski definition) is 2. The van der Waals surface area contributed by atoms with Gasteiger partial charge in [-0.25, -0.2) is 4.98 Å². The van der Waals surface area contributed by atoms with Crippen LogP contribution in [0.5, 0.6) is 11.5 Å². The first kappa shape index (κ1) is 20.3. The topological polar surface area (TPSA) is 72.7 Å². The van der Waals surface area contributed by atoms with Crippen LogP contribution >= 0.6 is 0 Å². The molecule has 1 heterocycles. The zero-order chi connectivity index (χ0) is 20.3. The maximum absolute atomic E-state index is 5.72. The van der Waals surface area contributed by atoms with Crippen molar-refractivity contribution in [2.45, 2.75) is 13.1 Å². The molecule has 0 aliphatic rings. The van der Waals surface area contributed by atoms with Crippen LogP contribution < -0.4 is 20.1 Å². The fraction of sp³-hybridized carbons (Fsp3) is 0.273. The first-order valence-corrected chi connectivity index (χ1v) is 9.54. The molecular formula is C22H27N5O2. The molecule has 7 nitrogen and oxygen atoms in total. The monoisotopic (exact) mass is 393 g/mol. The van der Waals surface area contributed by atoms with Crippen molar-refractivity contribution in [2.24, 2.45) is 4.99 Å². The summed E-state index contributed by atoms with van der Waals surface area (Å²) < 4.78 is 13.0. The van der Waals surface area contributed by atoms with Crippen molar-refractivity contribution in [3.63, 3.8) is 0 Å². The summed E-state index contributed by atoms with van der Waals surface area (Å²) in [5, 5.41) is 6.54. The molecule has 0 unspecified atom stereocenters. The largest absolute Gasteiger partial charge is 0.497 e. The first-order chi connectivity index (χ1) is 14.3. The lowest BCUT2D eigenvalue weighted by molar-refractivity contribution is 0.321. The number of ether oxygens (including phenoxy) is 2. The van der Waals surface area contributed by atoms with Gasteiger partial charge in [-0.1, -0.05) is 30.3 Å². The van der Waals surface area contributed by atoms with Crippen LogP contribution in [-0.4, -0.2) is 42.8 Å². The van der Waals surface area contributed by atoms with Gasteiger partial charge in [0.1, 0.15) is 23.9 Å². The normalized spacial score (nSPS) is 11.2. The van der Waals surface area contributed by atoms with Crippen molar-refractivity contribution < 1.29 is 9.47 Å². The third-order valence-electron chi connectivity index (χ3n) is 4.36. The maximum Gasteiger partial charge on any atom is 0.191 e. The molecule has 0 bridgehead atoms. The Balaban J connectivity index is 1.42. The standard InChI is InChI=1S/C22H27N5O2/c1-23-22(25-13-15-29-20-10-8-19(28-2)9-11-20)26-16-21-24-12-14-27(21)17-18-6-4-3-5-7-18/h3-12,14H,13,15-17H2,1-2H3,(H2,23,25,26). The average Bonchev–Trinajstić information content (AvgIpc) is 3.21. The minimum absolute atomic E-state index is 0.523. The lowest BCUT2D eigenvalue weighted by Gasteiger charge is -2.13. The summed E-state index contributed by atoms with van der Waals surface area (Å²) in [6, 6.07) is 17.9. The van der Waals surface area contributed by atoms with Gasteiger partial charge in [0.25, 0.3) is 0 Å². The van der Waals surface area contributed by atoms with Gasteiger partial charge in [0.05, 0.1) is 20.2 Å². The molecule has 0 radical (unpaired) electrons. The van der Waals surface area contributed by atoms with Gasteiger partial charge in [-0.05, 0) is 29.8 Å². The van der Waals surface area contributed by atoms with Crippen LogP contribution in [0.1, 0.15) is 11.4 Å². The molecule has 152 valence electrons. The third kappa shape index (κ3) is 6.27. The minimum Gasteiger partial charge on any atom is -0.497 e. The van der Waals surface area contributed by atoms with Crippen molar-refractivity contribution >= 4 is 5.96 Å². The van der Waals surface area contributed by atoms with Gasteiger partial charge in [0, 0.05) is 26.0 Å². The Kier molecular flexibility index (Phi) is 7.51. The summed E-state index contributed by atoms with van der Waals surface area (Å²) in [6.45, 7) is 2.53. The van der Waals surface area contributed by atoms with Gasteiger partial charge in [-0.3, -0.25) is 4.99 Å². The average molecular weight is 393 g/mol. The second kappa shape index (κ2) is 10.8.